The Balaban J connectivity index is 2.73. The SMILES string of the molecule is C=C1CCC/C1=C\[Si](C)(C)C. The van der Waals surface area contributed by atoms with E-state index in [1.165, 1.54) is 24.8 Å². The number of allylic oxidation sites excluding steroid dienone is 2. The van der Waals surface area contributed by atoms with Crippen LogP contribution in [0, 0.1) is 0 Å². The molecule has 0 atom stereocenters. The Morgan fingerprint density at radius 2 is 1.91 bits per heavy atom. The first-order chi connectivity index (χ1) is 4.99. The van der Waals surface area contributed by atoms with Gasteiger partial charge in [-0.2, -0.15) is 0 Å². The summed E-state index contributed by atoms with van der Waals surface area (Å²) in [4.78, 5) is 0. The molecule has 0 aromatic rings. The first-order valence-corrected chi connectivity index (χ1v) is 7.97. The van der Waals surface area contributed by atoms with Crippen LogP contribution in [0.4, 0.5) is 0 Å². The van der Waals surface area contributed by atoms with Crippen LogP contribution in [0.5, 0.6) is 0 Å². The molecule has 0 aliphatic heterocycles. The molecule has 0 N–H and O–H groups in total. The quantitative estimate of drug-likeness (QED) is 0.523. The van der Waals surface area contributed by atoms with E-state index in [9.17, 15) is 0 Å². The fourth-order valence-electron chi connectivity index (χ4n) is 1.53. The summed E-state index contributed by atoms with van der Waals surface area (Å²) in [7, 11) is -0.987. The summed E-state index contributed by atoms with van der Waals surface area (Å²) in [5, 5.41) is 0. The van der Waals surface area contributed by atoms with Gasteiger partial charge in [0.05, 0.1) is 8.07 Å². The molecule has 11 heavy (non-hydrogen) atoms. The van der Waals surface area contributed by atoms with Gasteiger partial charge in [0.25, 0.3) is 0 Å². The van der Waals surface area contributed by atoms with E-state index in [4.69, 9.17) is 0 Å². The highest BCUT2D eigenvalue weighted by Crippen LogP contribution is 2.29. The zero-order valence-electron chi connectivity index (χ0n) is 7.91. The van der Waals surface area contributed by atoms with Crippen molar-refractivity contribution >= 4 is 8.07 Å². The van der Waals surface area contributed by atoms with E-state index >= 15 is 0 Å². The van der Waals surface area contributed by atoms with Gasteiger partial charge in [-0.25, -0.2) is 0 Å². The van der Waals surface area contributed by atoms with Crippen LogP contribution in [0.2, 0.25) is 19.6 Å². The molecule has 1 rings (SSSR count). The van der Waals surface area contributed by atoms with Gasteiger partial charge < -0.3 is 0 Å². The normalized spacial score (nSPS) is 23.2. The molecule has 0 bridgehead atoms. The molecule has 0 unspecified atom stereocenters. The van der Waals surface area contributed by atoms with Crippen molar-refractivity contribution in [2.24, 2.45) is 0 Å². The first-order valence-electron chi connectivity index (χ1n) is 4.39. The average Bonchev–Trinajstić information content (AvgIpc) is 2.12. The fourth-order valence-corrected chi connectivity index (χ4v) is 2.92. The molecule has 0 amide bonds. The van der Waals surface area contributed by atoms with Crippen LogP contribution in [0.25, 0.3) is 0 Å². The second-order valence-corrected chi connectivity index (χ2v) is 9.51. The Labute approximate surface area is 71.0 Å². The van der Waals surface area contributed by atoms with E-state index in [1.807, 2.05) is 0 Å². The van der Waals surface area contributed by atoms with Crippen molar-refractivity contribution in [3.05, 3.63) is 23.4 Å². The average molecular weight is 166 g/mol. The number of hydrogen-bond acceptors (Lipinski definition) is 0. The lowest BCUT2D eigenvalue weighted by atomic mass is 10.2. The molecule has 0 aromatic carbocycles. The Bertz CT molecular complexity index is 193. The standard InChI is InChI=1S/C10H18Si/c1-9-6-5-7-10(9)8-11(2,3)4/h8H,1,5-7H2,2-4H3/b10-8+. The molecule has 0 saturated heterocycles. The summed E-state index contributed by atoms with van der Waals surface area (Å²) < 4.78 is 0. The van der Waals surface area contributed by atoms with Gasteiger partial charge in [-0.15, -0.1) is 0 Å². The Morgan fingerprint density at radius 1 is 1.27 bits per heavy atom. The Morgan fingerprint density at radius 3 is 2.27 bits per heavy atom. The minimum atomic E-state index is -0.987. The van der Waals surface area contributed by atoms with Gasteiger partial charge in [-0.1, -0.05) is 43.1 Å². The van der Waals surface area contributed by atoms with Gasteiger partial charge in [-0.3, -0.25) is 0 Å². The van der Waals surface area contributed by atoms with Crippen molar-refractivity contribution in [2.45, 2.75) is 38.9 Å². The Hall–Kier alpha value is -0.303. The van der Waals surface area contributed by atoms with Crippen molar-refractivity contribution in [2.75, 3.05) is 0 Å². The minimum Gasteiger partial charge on any atom is -0.0956 e. The maximum Gasteiger partial charge on any atom is 0.0690 e. The summed E-state index contributed by atoms with van der Waals surface area (Å²) in [5.74, 6) is 0. The third-order valence-corrected chi connectivity index (χ3v) is 3.20. The fraction of sp³-hybridized carbons (Fsp3) is 0.600. The second kappa shape index (κ2) is 2.98. The predicted molar refractivity (Wildman–Crippen MR) is 54.4 cm³/mol. The summed E-state index contributed by atoms with van der Waals surface area (Å²) >= 11 is 0. The van der Waals surface area contributed by atoms with E-state index in [0.717, 1.165) is 0 Å². The lowest BCUT2D eigenvalue weighted by Gasteiger charge is -2.11. The van der Waals surface area contributed by atoms with Crippen LogP contribution >= 0.6 is 0 Å². The number of hydrogen-bond donors (Lipinski definition) is 0. The van der Waals surface area contributed by atoms with E-state index in [-0.39, 0.29) is 0 Å². The largest absolute Gasteiger partial charge is 0.0956 e. The van der Waals surface area contributed by atoms with Crippen LogP contribution in [-0.2, 0) is 0 Å². The summed E-state index contributed by atoms with van der Waals surface area (Å²) in [6.07, 6.45) is 3.84. The van der Waals surface area contributed by atoms with Gasteiger partial charge in [0, 0.05) is 0 Å². The smallest absolute Gasteiger partial charge is 0.0690 e. The molecule has 0 heterocycles. The lowest BCUT2D eigenvalue weighted by Crippen LogP contribution is -2.16. The van der Waals surface area contributed by atoms with Gasteiger partial charge in [-0.05, 0) is 19.3 Å². The van der Waals surface area contributed by atoms with E-state index in [2.05, 4.69) is 31.9 Å². The van der Waals surface area contributed by atoms with E-state index in [0.29, 0.717) is 0 Å². The molecule has 0 aromatic heterocycles. The van der Waals surface area contributed by atoms with Crippen LogP contribution in [0.3, 0.4) is 0 Å². The van der Waals surface area contributed by atoms with Gasteiger partial charge >= 0.3 is 0 Å². The second-order valence-electron chi connectivity index (χ2n) is 4.49. The van der Waals surface area contributed by atoms with Crippen LogP contribution in [-0.4, -0.2) is 8.07 Å². The minimum absolute atomic E-state index is 0.987. The van der Waals surface area contributed by atoms with Crippen molar-refractivity contribution in [3.8, 4) is 0 Å². The molecular formula is C10H18Si. The molecule has 62 valence electrons. The number of rotatable bonds is 1. The molecule has 1 saturated carbocycles. The zero-order chi connectivity index (χ0) is 8.48. The van der Waals surface area contributed by atoms with Crippen molar-refractivity contribution in [1.82, 2.24) is 0 Å². The van der Waals surface area contributed by atoms with Crippen molar-refractivity contribution < 1.29 is 0 Å². The molecule has 0 spiro atoms. The highest BCUT2D eigenvalue weighted by atomic mass is 28.3. The molecule has 1 heteroatoms. The van der Waals surface area contributed by atoms with Crippen LogP contribution < -0.4 is 0 Å². The molecule has 1 aliphatic carbocycles. The zero-order valence-corrected chi connectivity index (χ0v) is 8.91. The van der Waals surface area contributed by atoms with Gasteiger partial charge in [0.2, 0.25) is 0 Å². The topological polar surface area (TPSA) is 0 Å². The predicted octanol–water partition coefficient (Wildman–Crippen LogP) is 3.53. The monoisotopic (exact) mass is 166 g/mol. The van der Waals surface area contributed by atoms with Gasteiger partial charge in [0.1, 0.15) is 0 Å². The van der Waals surface area contributed by atoms with E-state index < -0.39 is 8.07 Å². The van der Waals surface area contributed by atoms with Crippen LogP contribution in [0.1, 0.15) is 19.3 Å². The third kappa shape index (κ3) is 2.66. The first kappa shape index (κ1) is 8.79. The maximum absolute atomic E-state index is 4.07. The van der Waals surface area contributed by atoms with Gasteiger partial charge in [0.15, 0.2) is 0 Å². The summed E-state index contributed by atoms with van der Waals surface area (Å²) in [5.41, 5.74) is 5.46. The van der Waals surface area contributed by atoms with E-state index in [1.54, 1.807) is 5.57 Å². The molecule has 0 nitrogen and oxygen atoms in total. The lowest BCUT2D eigenvalue weighted by molar-refractivity contribution is 0.933. The molecular weight excluding hydrogens is 148 g/mol. The van der Waals surface area contributed by atoms with Crippen molar-refractivity contribution in [1.29, 1.82) is 0 Å². The third-order valence-electron chi connectivity index (χ3n) is 1.99. The summed E-state index contributed by atoms with van der Waals surface area (Å²) in [6.45, 7) is 11.2. The summed E-state index contributed by atoms with van der Waals surface area (Å²) in [6, 6.07) is 0. The molecule has 1 aliphatic rings. The molecule has 1 fully saturated rings. The highest BCUT2D eigenvalue weighted by molar-refractivity contribution is 6.81. The maximum atomic E-state index is 4.07. The highest BCUT2D eigenvalue weighted by Gasteiger charge is 2.16. The van der Waals surface area contributed by atoms with Crippen LogP contribution in [0.15, 0.2) is 23.4 Å². The Kier molecular flexibility index (Phi) is 2.38. The molecule has 0 radical (unpaired) electrons. The van der Waals surface area contributed by atoms with Crippen molar-refractivity contribution in [3.63, 3.8) is 0 Å².